The van der Waals surface area contributed by atoms with E-state index in [1.165, 1.54) is 24.3 Å². The van der Waals surface area contributed by atoms with Crippen molar-refractivity contribution in [3.8, 4) is 11.3 Å². The zero-order chi connectivity index (χ0) is 21.3. The SMILES string of the molecule is O=C(Nc1ccccc1C(=O)NC1CC1)c1ccc(-c2cccc(C(F)(F)F)c2)o1. The molecule has 0 saturated heterocycles. The van der Waals surface area contributed by atoms with E-state index in [2.05, 4.69) is 10.6 Å². The molecule has 0 bridgehead atoms. The summed E-state index contributed by atoms with van der Waals surface area (Å²) in [6.45, 7) is 0. The number of anilines is 1. The molecule has 2 amide bonds. The fourth-order valence-corrected chi connectivity index (χ4v) is 2.93. The van der Waals surface area contributed by atoms with Gasteiger partial charge in [-0.05, 0) is 49.2 Å². The van der Waals surface area contributed by atoms with Crippen LogP contribution >= 0.6 is 0 Å². The highest BCUT2D eigenvalue weighted by Gasteiger charge is 2.30. The van der Waals surface area contributed by atoms with Crippen LogP contribution in [0.2, 0.25) is 0 Å². The van der Waals surface area contributed by atoms with Crippen molar-refractivity contribution in [1.29, 1.82) is 0 Å². The average molecular weight is 414 g/mol. The number of hydrogen-bond donors (Lipinski definition) is 2. The average Bonchev–Trinajstić information content (AvgIpc) is 3.39. The van der Waals surface area contributed by atoms with Crippen LogP contribution in [0.25, 0.3) is 11.3 Å². The van der Waals surface area contributed by atoms with Crippen LogP contribution in [0.3, 0.4) is 0 Å². The predicted molar refractivity (Wildman–Crippen MR) is 104 cm³/mol. The zero-order valence-corrected chi connectivity index (χ0v) is 15.6. The summed E-state index contributed by atoms with van der Waals surface area (Å²) < 4.78 is 44.2. The van der Waals surface area contributed by atoms with Gasteiger partial charge in [0.15, 0.2) is 5.76 Å². The van der Waals surface area contributed by atoms with Crippen LogP contribution < -0.4 is 10.6 Å². The molecule has 1 fully saturated rings. The number of nitrogens with one attached hydrogen (secondary N) is 2. The van der Waals surface area contributed by atoms with Gasteiger partial charge in [0.2, 0.25) is 0 Å². The van der Waals surface area contributed by atoms with E-state index in [1.54, 1.807) is 24.3 Å². The van der Waals surface area contributed by atoms with Crippen molar-refractivity contribution in [3.63, 3.8) is 0 Å². The van der Waals surface area contributed by atoms with Crippen LogP contribution in [0.15, 0.2) is 65.1 Å². The third-order valence-corrected chi connectivity index (χ3v) is 4.64. The zero-order valence-electron chi connectivity index (χ0n) is 15.6. The molecule has 5 nitrogen and oxygen atoms in total. The first-order chi connectivity index (χ1) is 14.3. The minimum absolute atomic E-state index is 0.0835. The third kappa shape index (κ3) is 4.37. The Morgan fingerprint density at radius 3 is 2.43 bits per heavy atom. The Balaban J connectivity index is 1.52. The smallest absolute Gasteiger partial charge is 0.416 e. The van der Waals surface area contributed by atoms with Gasteiger partial charge in [-0.1, -0.05) is 24.3 Å². The monoisotopic (exact) mass is 414 g/mol. The van der Waals surface area contributed by atoms with Crippen LogP contribution in [0.4, 0.5) is 18.9 Å². The summed E-state index contributed by atoms with van der Waals surface area (Å²) in [5.41, 5.74) is 0.0335. The van der Waals surface area contributed by atoms with Gasteiger partial charge in [-0.3, -0.25) is 9.59 Å². The topological polar surface area (TPSA) is 71.3 Å². The van der Waals surface area contributed by atoms with E-state index >= 15 is 0 Å². The second-order valence-electron chi connectivity index (χ2n) is 6.99. The molecule has 0 radical (unpaired) electrons. The quantitative estimate of drug-likeness (QED) is 0.610. The van der Waals surface area contributed by atoms with Gasteiger partial charge in [-0.25, -0.2) is 0 Å². The Kier molecular flexibility index (Phi) is 5.07. The Bertz CT molecular complexity index is 1100. The van der Waals surface area contributed by atoms with Crippen LogP contribution in [0.5, 0.6) is 0 Å². The molecule has 1 aliphatic carbocycles. The molecule has 0 unspecified atom stereocenters. The number of amides is 2. The highest BCUT2D eigenvalue weighted by Crippen LogP contribution is 2.32. The van der Waals surface area contributed by atoms with Crippen LogP contribution in [-0.2, 0) is 6.18 Å². The van der Waals surface area contributed by atoms with Crippen molar-refractivity contribution in [2.45, 2.75) is 25.1 Å². The Hall–Kier alpha value is -3.55. The summed E-state index contributed by atoms with van der Waals surface area (Å²) in [4.78, 5) is 24.9. The van der Waals surface area contributed by atoms with Gasteiger partial charge < -0.3 is 15.1 Å². The molecule has 4 rings (SSSR count). The van der Waals surface area contributed by atoms with E-state index in [0.717, 1.165) is 25.0 Å². The normalized spacial score (nSPS) is 13.7. The van der Waals surface area contributed by atoms with Gasteiger partial charge in [-0.2, -0.15) is 13.2 Å². The lowest BCUT2D eigenvalue weighted by Crippen LogP contribution is -2.26. The molecule has 1 aromatic heterocycles. The molecule has 1 saturated carbocycles. The minimum Gasteiger partial charge on any atom is -0.451 e. The van der Waals surface area contributed by atoms with Crippen molar-refractivity contribution >= 4 is 17.5 Å². The molecule has 0 atom stereocenters. The number of halogens is 3. The third-order valence-electron chi connectivity index (χ3n) is 4.64. The van der Waals surface area contributed by atoms with E-state index in [9.17, 15) is 22.8 Å². The molecule has 0 spiro atoms. The highest BCUT2D eigenvalue weighted by molar-refractivity contribution is 6.08. The summed E-state index contributed by atoms with van der Waals surface area (Å²) in [6, 6.07) is 14.2. The minimum atomic E-state index is -4.48. The lowest BCUT2D eigenvalue weighted by atomic mass is 10.1. The standard InChI is InChI=1S/C22H17F3N2O3/c23-22(24,25)14-5-3-4-13(12-14)18-10-11-19(30-18)21(29)27-17-7-2-1-6-16(17)20(28)26-15-8-9-15/h1-7,10-12,15H,8-9H2,(H,26,28)(H,27,29). The predicted octanol–water partition coefficient (Wildman–Crippen LogP) is 5.11. The summed E-state index contributed by atoms with van der Waals surface area (Å²) >= 11 is 0. The van der Waals surface area contributed by atoms with E-state index in [1.807, 2.05) is 0 Å². The van der Waals surface area contributed by atoms with Crippen molar-refractivity contribution in [3.05, 3.63) is 77.6 Å². The van der Waals surface area contributed by atoms with Crippen LogP contribution in [-0.4, -0.2) is 17.9 Å². The first-order valence-electron chi connectivity index (χ1n) is 9.30. The fraction of sp³-hybridized carbons (Fsp3) is 0.182. The van der Waals surface area contributed by atoms with Gasteiger partial charge in [-0.15, -0.1) is 0 Å². The Morgan fingerprint density at radius 2 is 1.70 bits per heavy atom. The first kappa shape index (κ1) is 19.8. The van der Waals surface area contributed by atoms with E-state index in [-0.39, 0.29) is 29.0 Å². The van der Waals surface area contributed by atoms with Crippen molar-refractivity contribution < 1.29 is 27.2 Å². The molecule has 8 heteroatoms. The number of para-hydroxylation sites is 1. The molecule has 3 aromatic rings. The fourth-order valence-electron chi connectivity index (χ4n) is 2.93. The Morgan fingerprint density at radius 1 is 0.933 bits per heavy atom. The van der Waals surface area contributed by atoms with Crippen LogP contribution in [0, 0.1) is 0 Å². The maximum absolute atomic E-state index is 12.9. The molecule has 2 N–H and O–H groups in total. The summed E-state index contributed by atoms with van der Waals surface area (Å²) in [5.74, 6) is -0.844. The molecular weight excluding hydrogens is 397 g/mol. The number of alkyl halides is 3. The number of furan rings is 1. The molecule has 1 heterocycles. The largest absolute Gasteiger partial charge is 0.451 e. The maximum atomic E-state index is 12.9. The van der Waals surface area contributed by atoms with E-state index in [4.69, 9.17) is 4.42 Å². The first-order valence-corrected chi connectivity index (χ1v) is 9.30. The maximum Gasteiger partial charge on any atom is 0.416 e. The summed E-state index contributed by atoms with van der Waals surface area (Å²) in [5, 5.41) is 5.49. The number of benzene rings is 2. The van der Waals surface area contributed by atoms with Gasteiger partial charge in [0.1, 0.15) is 5.76 Å². The van der Waals surface area contributed by atoms with E-state index in [0.29, 0.717) is 11.3 Å². The van der Waals surface area contributed by atoms with Gasteiger partial charge in [0.05, 0.1) is 16.8 Å². The summed E-state index contributed by atoms with van der Waals surface area (Å²) in [6.07, 6.45) is -2.61. The molecule has 30 heavy (non-hydrogen) atoms. The van der Waals surface area contributed by atoms with Crippen molar-refractivity contribution in [2.75, 3.05) is 5.32 Å². The number of hydrogen-bond acceptors (Lipinski definition) is 3. The lowest BCUT2D eigenvalue weighted by Gasteiger charge is -2.10. The van der Waals surface area contributed by atoms with Gasteiger partial charge >= 0.3 is 6.18 Å². The Labute approximate surface area is 169 Å². The second kappa shape index (κ2) is 7.70. The number of rotatable bonds is 5. The molecule has 2 aromatic carbocycles. The molecule has 154 valence electrons. The second-order valence-corrected chi connectivity index (χ2v) is 6.99. The number of carbonyl (C=O) groups excluding carboxylic acids is 2. The summed E-state index contributed by atoms with van der Waals surface area (Å²) in [7, 11) is 0. The van der Waals surface area contributed by atoms with Crippen molar-refractivity contribution in [1.82, 2.24) is 5.32 Å². The van der Waals surface area contributed by atoms with Gasteiger partial charge in [0.25, 0.3) is 11.8 Å². The number of carbonyl (C=O) groups is 2. The molecule has 1 aliphatic rings. The van der Waals surface area contributed by atoms with E-state index < -0.39 is 17.6 Å². The van der Waals surface area contributed by atoms with Crippen molar-refractivity contribution in [2.24, 2.45) is 0 Å². The molecule has 0 aliphatic heterocycles. The van der Waals surface area contributed by atoms with Gasteiger partial charge in [0, 0.05) is 11.6 Å². The molecular formula is C22H17F3N2O3. The lowest BCUT2D eigenvalue weighted by molar-refractivity contribution is -0.137. The highest BCUT2D eigenvalue weighted by atomic mass is 19.4. The van der Waals surface area contributed by atoms with Crippen LogP contribution in [0.1, 0.15) is 39.3 Å².